The van der Waals surface area contributed by atoms with Gasteiger partial charge in [-0.25, -0.2) is 9.97 Å². The van der Waals surface area contributed by atoms with Gasteiger partial charge >= 0.3 is 0 Å². The molecule has 0 fully saturated rings. The van der Waals surface area contributed by atoms with Gasteiger partial charge < -0.3 is 5.32 Å². The van der Waals surface area contributed by atoms with Crippen LogP contribution in [0.15, 0.2) is 48.9 Å². The van der Waals surface area contributed by atoms with E-state index in [-0.39, 0.29) is 11.6 Å². The summed E-state index contributed by atoms with van der Waals surface area (Å²) in [4.78, 5) is 20.7. The van der Waals surface area contributed by atoms with Crippen LogP contribution >= 0.6 is 11.6 Å². The van der Waals surface area contributed by atoms with Crippen molar-refractivity contribution < 1.29 is 4.79 Å². The molecule has 0 saturated heterocycles. The molecule has 0 bridgehead atoms. The van der Waals surface area contributed by atoms with Crippen molar-refractivity contribution in [1.82, 2.24) is 19.7 Å². The molecule has 0 aliphatic heterocycles. The van der Waals surface area contributed by atoms with Gasteiger partial charge in [-0.2, -0.15) is 5.10 Å². The highest BCUT2D eigenvalue weighted by molar-refractivity contribution is 6.30. The van der Waals surface area contributed by atoms with Gasteiger partial charge in [-0.15, -0.1) is 0 Å². The fraction of sp³-hybridized carbons (Fsp3) is 0.0667. The van der Waals surface area contributed by atoms with Crippen LogP contribution in [0.1, 0.15) is 10.5 Å². The quantitative estimate of drug-likeness (QED) is 0.807. The molecular weight excluding hydrogens is 302 g/mol. The lowest BCUT2D eigenvalue weighted by atomic mass is 10.2. The van der Waals surface area contributed by atoms with Crippen LogP contribution in [-0.2, 0) is 7.05 Å². The van der Waals surface area contributed by atoms with E-state index in [0.29, 0.717) is 16.5 Å². The van der Waals surface area contributed by atoms with E-state index < -0.39 is 0 Å². The van der Waals surface area contributed by atoms with Gasteiger partial charge in [0.15, 0.2) is 5.82 Å². The van der Waals surface area contributed by atoms with Crippen LogP contribution in [0.3, 0.4) is 0 Å². The molecule has 1 N–H and O–H groups in total. The third-order valence-electron chi connectivity index (χ3n) is 2.95. The van der Waals surface area contributed by atoms with Crippen LogP contribution in [-0.4, -0.2) is 25.7 Å². The van der Waals surface area contributed by atoms with Gasteiger partial charge in [0.2, 0.25) is 0 Å². The zero-order valence-electron chi connectivity index (χ0n) is 11.7. The van der Waals surface area contributed by atoms with E-state index in [1.165, 1.54) is 0 Å². The number of nitrogens with one attached hydrogen (secondary N) is 1. The van der Waals surface area contributed by atoms with E-state index in [2.05, 4.69) is 20.4 Å². The van der Waals surface area contributed by atoms with Crippen molar-refractivity contribution in [1.29, 1.82) is 0 Å². The van der Waals surface area contributed by atoms with E-state index in [4.69, 9.17) is 11.6 Å². The zero-order chi connectivity index (χ0) is 15.5. The van der Waals surface area contributed by atoms with Crippen LogP contribution in [0, 0.1) is 0 Å². The summed E-state index contributed by atoms with van der Waals surface area (Å²) >= 11 is 5.86. The number of carbonyl (C=O) groups is 1. The maximum absolute atomic E-state index is 12.2. The lowest BCUT2D eigenvalue weighted by molar-refractivity contribution is 0.102. The molecule has 1 amide bonds. The first-order valence-electron chi connectivity index (χ1n) is 6.51. The van der Waals surface area contributed by atoms with Gasteiger partial charge in [0.1, 0.15) is 5.69 Å². The molecule has 0 aliphatic carbocycles. The van der Waals surface area contributed by atoms with E-state index in [0.717, 1.165) is 5.56 Å². The summed E-state index contributed by atoms with van der Waals surface area (Å²) in [6.07, 6.45) is 4.83. The van der Waals surface area contributed by atoms with Crippen molar-refractivity contribution in [2.45, 2.75) is 0 Å². The van der Waals surface area contributed by atoms with E-state index >= 15 is 0 Å². The first-order valence-corrected chi connectivity index (χ1v) is 6.88. The second kappa shape index (κ2) is 5.95. The first kappa shape index (κ1) is 14.2. The number of nitrogens with zero attached hydrogens (tertiary/aromatic N) is 4. The smallest absolute Gasteiger partial charge is 0.274 e. The number of rotatable bonds is 3. The van der Waals surface area contributed by atoms with E-state index in [1.54, 1.807) is 60.7 Å². The van der Waals surface area contributed by atoms with Crippen molar-refractivity contribution in [3.05, 3.63) is 59.6 Å². The minimum Gasteiger partial charge on any atom is -0.318 e. The van der Waals surface area contributed by atoms with Crippen LogP contribution < -0.4 is 5.32 Å². The van der Waals surface area contributed by atoms with E-state index in [9.17, 15) is 4.79 Å². The molecular formula is C15H12ClN5O. The standard InChI is InChI=1S/C15H12ClN5O/c1-21-9-12(8-18-21)19-15(22)13-6-7-17-14(20-13)10-2-4-11(16)5-3-10/h2-9H,1H3,(H,19,22). The maximum atomic E-state index is 12.2. The fourth-order valence-electron chi connectivity index (χ4n) is 1.90. The van der Waals surface area contributed by atoms with Crippen molar-refractivity contribution in [2.75, 3.05) is 5.32 Å². The lowest BCUT2D eigenvalue weighted by Crippen LogP contribution is -2.14. The van der Waals surface area contributed by atoms with Gasteiger partial charge in [0, 0.05) is 30.0 Å². The van der Waals surface area contributed by atoms with Crippen molar-refractivity contribution in [3.8, 4) is 11.4 Å². The summed E-state index contributed by atoms with van der Waals surface area (Å²) in [7, 11) is 1.78. The average molecular weight is 314 g/mol. The normalized spacial score (nSPS) is 10.5. The molecule has 2 aromatic heterocycles. The number of aryl methyl sites for hydroxylation is 1. The molecule has 6 nitrogen and oxygen atoms in total. The molecule has 0 atom stereocenters. The van der Waals surface area contributed by atoms with Crippen molar-refractivity contribution in [3.63, 3.8) is 0 Å². The van der Waals surface area contributed by atoms with Gasteiger partial charge in [-0.3, -0.25) is 9.48 Å². The summed E-state index contributed by atoms with van der Waals surface area (Å²) in [6.45, 7) is 0. The highest BCUT2D eigenvalue weighted by Gasteiger charge is 2.11. The first-order chi connectivity index (χ1) is 10.6. The molecule has 2 heterocycles. The number of aromatic nitrogens is 4. The molecule has 0 spiro atoms. The van der Waals surface area contributed by atoms with Gasteiger partial charge in [-0.05, 0) is 30.3 Å². The number of anilines is 1. The molecule has 110 valence electrons. The third-order valence-corrected chi connectivity index (χ3v) is 3.21. The van der Waals surface area contributed by atoms with Crippen molar-refractivity contribution >= 4 is 23.2 Å². The molecule has 22 heavy (non-hydrogen) atoms. The van der Waals surface area contributed by atoms with E-state index in [1.807, 2.05) is 0 Å². The third kappa shape index (κ3) is 3.12. The summed E-state index contributed by atoms with van der Waals surface area (Å²) in [5.74, 6) is 0.154. The number of benzene rings is 1. The average Bonchev–Trinajstić information content (AvgIpc) is 2.93. The number of amides is 1. The predicted molar refractivity (Wildman–Crippen MR) is 83.6 cm³/mol. The van der Waals surface area contributed by atoms with Gasteiger partial charge in [-0.1, -0.05) is 11.6 Å². The Bertz CT molecular complexity index is 813. The molecule has 3 rings (SSSR count). The SMILES string of the molecule is Cn1cc(NC(=O)c2ccnc(-c3ccc(Cl)cc3)n2)cn1. The zero-order valence-corrected chi connectivity index (χ0v) is 12.4. The minimum absolute atomic E-state index is 0.281. The van der Waals surface area contributed by atoms with Crippen LogP contribution in [0.2, 0.25) is 5.02 Å². The molecule has 3 aromatic rings. The highest BCUT2D eigenvalue weighted by Crippen LogP contribution is 2.18. The lowest BCUT2D eigenvalue weighted by Gasteiger charge is -2.04. The van der Waals surface area contributed by atoms with Crippen LogP contribution in [0.5, 0.6) is 0 Å². The summed E-state index contributed by atoms with van der Waals surface area (Å²) in [6, 6.07) is 8.68. The molecule has 0 saturated carbocycles. The van der Waals surface area contributed by atoms with Crippen LogP contribution in [0.25, 0.3) is 11.4 Å². The van der Waals surface area contributed by atoms with Gasteiger partial charge in [0.25, 0.3) is 5.91 Å². The van der Waals surface area contributed by atoms with Crippen LogP contribution in [0.4, 0.5) is 5.69 Å². The number of hydrogen-bond acceptors (Lipinski definition) is 4. The number of halogens is 1. The Morgan fingerprint density at radius 3 is 2.68 bits per heavy atom. The predicted octanol–water partition coefficient (Wildman–Crippen LogP) is 2.78. The Morgan fingerprint density at radius 2 is 2.00 bits per heavy atom. The second-order valence-electron chi connectivity index (χ2n) is 4.63. The Hall–Kier alpha value is -2.73. The topological polar surface area (TPSA) is 72.7 Å². The molecule has 0 aliphatic rings. The number of hydrogen-bond donors (Lipinski definition) is 1. The monoisotopic (exact) mass is 313 g/mol. The fourth-order valence-corrected chi connectivity index (χ4v) is 2.03. The summed E-state index contributed by atoms with van der Waals surface area (Å²) in [5, 5.41) is 7.36. The second-order valence-corrected chi connectivity index (χ2v) is 5.07. The Labute approximate surface area is 131 Å². The van der Waals surface area contributed by atoms with Crippen molar-refractivity contribution in [2.24, 2.45) is 7.05 Å². The minimum atomic E-state index is -0.314. The molecule has 0 radical (unpaired) electrons. The van der Waals surface area contributed by atoms with Gasteiger partial charge in [0.05, 0.1) is 11.9 Å². The Balaban J connectivity index is 1.84. The maximum Gasteiger partial charge on any atom is 0.274 e. The molecule has 7 heteroatoms. The Morgan fingerprint density at radius 1 is 1.23 bits per heavy atom. The summed E-state index contributed by atoms with van der Waals surface area (Å²) < 4.78 is 1.61. The molecule has 1 aromatic carbocycles. The molecule has 0 unspecified atom stereocenters. The largest absolute Gasteiger partial charge is 0.318 e. The number of carbonyl (C=O) groups excluding carboxylic acids is 1. The highest BCUT2D eigenvalue weighted by atomic mass is 35.5. The Kier molecular flexibility index (Phi) is 3.84. The summed E-state index contributed by atoms with van der Waals surface area (Å²) in [5.41, 5.74) is 1.68.